The summed E-state index contributed by atoms with van der Waals surface area (Å²) in [4.78, 5) is 40.7. The molecule has 0 radical (unpaired) electrons. The summed E-state index contributed by atoms with van der Waals surface area (Å²) < 4.78 is 69.4. The number of alkyl halides is 3. The van der Waals surface area contributed by atoms with E-state index in [1.165, 1.54) is 4.90 Å². The first kappa shape index (κ1) is 24.9. The molecule has 1 saturated heterocycles. The Bertz CT molecular complexity index is 1220. The third-order valence-electron chi connectivity index (χ3n) is 5.78. The Balaban J connectivity index is 1.61. The number of pyridine rings is 1. The van der Waals surface area contributed by atoms with Gasteiger partial charge in [-0.15, -0.1) is 0 Å². The highest BCUT2D eigenvalue weighted by molar-refractivity contribution is 6.31. The molecule has 1 fully saturated rings. The summed E-state index contributed by atoms with van der Waals surface area (Å²) in [7, 11) is 0. The van der Waals surface area contributed by atoms with Crippen LogP contribution in [-0.4, -0.2) is 44.9 Å². The maximum absolute atomic E-state index is 15.3. The predicted molar refractivity (Wildman–Crippen MR) is 109 cm³/mol. The molecule has 0 saturated carbocycles. The monoisotopic (exact) mass is 518 g/mol. The number of rotatable bonds is 4. The highest BCUT2D eigenvalue weighted by atomic mass is 35.5. The molecule has 3 N–H and O–H groups in total. The van der Waals surface area contributed by atoms with E-state index in [1.807, 2.05) is 0 Å². The van der Waals surface area contributed by atoms with Gasteiger partial charge in [-0.25, -0.2) is 8.78 Å². The van der Waals surface area contributed by atoms with E-state index in [0.29, 0.717) is 12.3 Å². The van der Waals surface area contributed by atoms with Gasteiger partial charge in [0.05, 0.1) is 28.5 Å². The van der Waals surface area contributed by atoms with E-state index in [1.54, 1.807) is 5.32 Å². The summed E-state index contributed by atoms with van der Waals surface area (Å²) >= 11 is 5.68. The summed E-state index contributed by atoms with van der Waals surface area (Å²) in [5, 5.41) is 13.6. The van der Waals surface area contributed by atoms with Gasteiger partial charge in [0.25, 0.3) is 5.91 Å². The van der Waals surface area contributed by atoms with Crippen LogP contribution >= 0.6 is 11.6 Å². The summed E-state index contributed by atoms with van der Waals surface area (Å²) in [6.45, 7) is -0.330. The number of amides is 3. The fraction of sp³-hybridized carbons (Fsp3) is 0.333. The van der Waals surface area contributed by atoms with Crippen LogP contribution in [0, 0.1) is 11.6 Å². The normalized spacial score (nSPS) is 21.5. The number of imide groups is 1. The van der Waals surface area contributed by atoms with Crippen LogP contribution in [0.4, 0.5) is 22.0 Å². The fourth-order valence-corrected chi connectivity index (χ4v) is 4.35. The van der Waals surface area contributed by atoms with Crippen LogP contribution in [0.3, 0.4) is 0 Å². The number of fused-ring (bicyclic) bond motifs is 1. The molecule has 4 rings (SSSR count). The number of nitrogens with zero attached hydrogens (tertiary/aromatic N) is 2. The number of aromatic nitrogens is 1. The lowest BCUT2D eigenvalue weighted by Crippen LogP contribution is -2.51. The lowest BCUT2D eigenvalue weighted by molar-refractivity contribution is -0.156. The Morgan fingerprint density at radius 1 is 1.29 bits per heavy atom. The van der Waals surface area contributed by atoms with Crippen LogP contribution < -0.4 is 10.6 Å². The van der Waals surface area contributed by atoms with Crippen molar-refractivity contribution in [2.45, 2.75) is 43.9 Å². The number of halogens is 6. The molecule has 14 heteroatoms. The van der Waals surface area contributed by atoms with Gasteiger partial charge in [0, 0.05) is 24.1 Å². The van der Waals surface area contributed by atoms with E-state index in [2.05, 4.69) is 10.3 Å². The molecule has 0 bridgehead atoms. The minimum absolute atomic E-state index is 0.00488. The Morgan fingerprint density at radius 3 is 2.63 bits per heavy atom. The van der Waals surface area contributed by atoms with Gasteiger partial charge < -0.3 is 10.4 Å². The number of aliphatic hydroxyl groups excluding tert-OH is 1. The lowest BCUT2D eigenvalue weighted by Gasteiger charge is -2.31. The van der Waals surface area contributed by atoms with E-state index in [-0.39, 0.29) is 30.5 Å². The molecule has 2 aliphatic heterocycles. The number of aliphatic hydroxyl groups is 1. The standard InChI is InChI=1S/C21H16ClF5N4O4/c22-12-5-8(23)6-28-16(12)17(21(25,26)27)30-18(33)10-2-1-9-11(15(10)24)7-31(20(9)35)13-3-4-14(32)29-19(13)34/h1-2,5-6,13,17,20,35H,3-4,7H2,(H,30,33)(H,29,32,34). The van der Waals surface area contributed by atoms with Gasteiger partial charge in [-0.1, -0.05) is 17.7 Å². The average Bonchev–Trinajstić information content (AvgIpc) is 3.09. The summed E-state index contributed by atoms with van der Waals surface area (Å²) in [5.74, 6) is -4.80. The number of nitrogens with one attached hydrogen (secondary N) is 2. The molecule has 35 heavy (non-hydrogen) atoms. The molecule has 0 spiro atoms. The molecule has 3 unspecified atom stereocenters. The van der Waals surface area contributed by atoms with Crippen LogP contribution in [0.15, 0.2) is 24.4 Å². The minimum atomic E-state index is -5.10. The number of carbonyl (C=O) groups is 3. The first-order valence-corrected chi connectivity index (χ1v) is 10.5. The van der Waals surface area contributed by atoms with Crippen LogP contribution in [0.2, 0.25) is 5.02 Å². The summed E-state index contributed by atoms with van der Waals surface area (Å²) in [6.07, 6.45) is -5.97. The fourth-order valence-electron chi connectivity index (χ4n) is 4.09. The van der Waals surface area contributed by atoms with Crippen molar-refractivity contribution in [3.05, 3.63) is 63.4 Å². The van der Waals surface area contributed by atoms with Gasteiger partial charge in [-0.2, -0.15) is 13.2 Å². The van der Waals surface area contributed by atoms with Crippen molar-refractivity contribution in [1.82, 2.24) is 20.5 Å². The van der Waals surface area contributed by atoms with Gasteiger partial charge in [-0.05, 0) is 18.6 Å². The molecule has 186 valence electrons. The van der Waals surface area contributed by atoms with Crippen molar-refractivity contribution >= 4 is 29.3 Å². The van der Waals surface area contributed by atoms with Crippen molar-refractivity contribution in [2.24, 2.45) is 0 Å². The zero-order valence-corrected chi connectivity index (χ0v) is 18.3. The first-order valence-electron chi connectivity index (χ1n) is 10.2. The van der Waals surface area contributed by atoms with Crippen molar-refractivity contribution < 1.29 is 41.4 Å². The van der Waals surface area contributed by atoms with Crippen LogP contribution in [0.5, 0.6) is 0 Å². The Hall–Kier alpha value is -3.16. The maximum Gasteiger partial charge on any atom is 0.414 e. The van der Waals surface area contributed by atoms with Crippen molar-refractivity contribution in [3.63, 3.8) is 0 Å². The zero-order valence-electron chi connectivity index (χ0n) is 17.5. The van der Waals surface area contributed by atoms with E-state index in [4.69, 9.17) is 11.6 Å². The van der Waals surface area contributed by atoms with Gasteiger partial charge in [-0.3, -0.25) is 29.6 Å². The topological polar surface area (TPSA) is 112 Å². The molecule has 2 aromatic rings. The molecule has 1 aromatic heterocycles. The summed E-state index contributed by atoms with van der Waals surface area (Å²) in [5.41, 5.74) is -1.79. The van der Waals surface area contributed by atoms with Gasteiger partial charge >= 0.3 is 6.18 Å². The maximum atomic E-state index is 15.3. The molecule has 1 aromatic carbocycles. The van der Waals surface area contributed by atoms with Crippen LogP contribution in [-0.2, 0) is 16.1 Å². The highest BCUT2D eigenvalue weighted by Gasteiger charge is 2.45. The van der Waals surface area contributed by atoms with Crippen molar-refractivity contribution in [3.8, 4) is 0 Å². The van der Waals surface area contributed by atoms with Gasteiger partial charge in [0.15, 0.2) is 6.04 Å². The average molecular weight is 519 g/mol. The Labute approximate surface area is 199 Å². The molecule has 0 aliphatic carbocycles. The van der Waals surface area contributed by atoms with E-state index in [0.717, 1.165) is 12.1 Å². The van der Waals surface area contributed by atoms with Crippen molar-refractivity contribution in [2.75, 3.05) is 0 Å². The van der Waals surface area contributed by atoms with E-state index >= 15 is 4.39 Å². The molecular formula is C21H16ClF5N4O4. The quantitative estimate of drug-likeness (QED) is 0.424. The third kappa shape index (κ3) is 4.70. The zero-order chi connectivity index (χ0) is 25.7. The number of carbonyl (C=O) groups excluding carboxylic acids is 3. The second kappa shape index (κ2) is 9.13. The predicted octanol–water partition coefficient (Wildman–Crippen LogP) is 2.66. The second-order valence-electron chi connectivity index (χ2n) is 7.98. The third-order valence-corrected chi connectivity index (χ3v) is 6.08. The van der Waals surface area contributed by atoms with Crippen LogP contribution in [0.25, 0.3) is 0 Å². The SMILES string of the molecule is O=C1CCC(N2Cc3c(ccc(C(=O)NC(c4ncc(F)cc4Cl)C(F)(F)F)c3F)C2O)C(=O)N1. The Morgan fingerprint density at radius 2 is 2.00 bits per heavy atom. The van der Waals surface area contributed by atoms with E-state index in [9.17, 15) is 37.1 Å². The number of hydrogen-bond donors (Lipinski definition) is 3. The molecule has 2 aliphatic rings. The number of piperidine rings is 1. The summed E-state index contributed by atoms with van der Waals surface area (Å²) in [6, 6.07) is -1.06. The molecule has 3 atom stereocenters. The molecular weight excluding hydrogens is 503 g/mol. The largest absolute Gasteiger partial charge is 0.414 e. The molecule has 3 heterocycles. The first-order chi connectivity index (χ1) is 16.4. The lowest BCUT2D eigenvalue weighted by atomic mass is 10.0. The highest BCUT2D eigenvalue weighted by Crippen LogP contribution is 2.39. The smallest absolute Gasteiger partial charge is 0.374 e. The Kier molecular flexibility index (Phi) is 6.51. The van der Waals surface area contributed by atoms with Gasteiger partial charge in [0.2, 0.25) is 11.8 Å². The number of hydrogen-bond acceptors (Lipinski definition) is 6. The second-order valence-corrected chi connectivity index (χ2v) is 8.38. The van der Waals surface area contributed by atoms with Gasteiger partial charge in [0.1, 0.15) is 17.9 Å². The minimum Gasteiger partial charge on any atom is -0.374 e. The van der Waals surface area contributed by atoms with E-state index < -0.39 is 70.1 Å². The number of benzene rings is 1. The van der Waals surface area contributed by atoms with Crippen LogP contribution in [0.1, 0.15) is 52.3 Å². The molecule has 3 amide bonds. The molecule has 8 nitrogen and oxygen atoms in total. The van der Waals surface area contributed by atoms with Crippen molar-refractivity contribution in [1.29, 1.82) is 0 Å².